The predicted molar refractivity (Wildman–Crippen MR) is 265 cm³/mol. The van der Waals surface area contributed by atoms with Gasteiger partial charge in [-0.2, -0.15) is 8.42 Å². The normalized spacial score (nSPS) is 20.9. The van der Waals surface area contributed by atoms with Crippen LogP contribution in [0.4, 0.5) is 0 Å². The molecule has 0 aliphatic carbocycles. The van der Waals surface area contributed by atoms with Crippen molar-refractivity contribution in [3.8, 4) is 0 Å². The standard InChI is InChI=1S/C52H95NO12S/c1-3-5-7-9-11-13-15-17-19-21-23-25-26-28-30-32-34-36-38-40-45(55)44(43-63-52-49(58)50(65-66(60,61)62)48(57)47(42-54)64-52)53-51(59)46(56)41-39-37-35-33-31-29-27-24-22-20-18-16-14-12-10-8-6-4-2/h22-25,30,32,38,40,44-50,52,54-58H,3-21,26-29,31,33-37,39,41-43H2,1-2H3,(H,53,59)(H,60,61,62)/b24-22-,25-23+,32-30+,40-38+. The van der Waals surface area contributed by atoms with Crippen molar-refractivity contribution in [1.29, 1.82) is 0 Å². The molecule has 14 heteroatoms. The van der Waals surface area contributed by atoms with Crippen LogP contribution >= 0.6 is 0 Å². The van der Waals surface area contributed by atoms with Gasteiger partial charge in [-0.05, 0) is 70.6 Å². The monoisotopic (exact) mass is 958 g/mol. The van der Waals surface area contributed by atoms with E-state index in [0.717, 1.165) is 70.6 Å². The molecule has 1 amide bonds. The highest BCUT2D eigenvalue weighted by atomic mass is 32.3. The van der Waals surface area contributed by atoms with Crippen molar-refractivity contribution < 1.29 is 57.0 Å². The molecule has 0 radical (unpaired) electrons. The third-order valence-corrected chi connectivity index (χ3v) is 12.6. The van der Waals surface area contributed by atoms with Crippen LogP contribution in [0.25, 0.3) is 0 Å². The van der Waals surface area contributed by atoms with Gasteiger partial charge in [-0.15, -0.1) is 0 Å². The van der Waals surface area contributed by atoms with Crippen molar-refractivity contribution >= 4 is 16.3 Å². The Labute approximate surface area is 400 Å². The van der Waals surface area contributed by atoms with Gasteiger partial charge in [0.15, 0.2) is 6.29 Å². The van der Waals surface area contributed by atoms with Crippen LogP contribution in [0.2, 0.25) is 0 Å². The van der Waals surface area contributed by atoms with Crippen LogP contribution in [0.3, 0.4) is 0 Å². The van der Waals surface area contributed by atoms with Gasteiger partial charge in [0.2, 0.25) is 5.91 Å². The van der Waals surface area contributed by atoms with Crippen molar-refractivity contribution in [2.45, 2.75) is 262 Å². The van der Waals surface area contributed by atoms with Gasteiger partial charge in [0.1, 0.15) is 30.5 Å². The summed E-state index contributed by atoms with van der Waals surface area (Å²) >= 11 is 0. The number of amides is 1. The fourth-order valence-electron chi connectivity index (χ4n) is 8.02. The van der Waals surface area contributed by atoms with E-state index in [9.17, 15) is 43.3 Å². The molecule has 0 aromatic heterocycles. The van der Waals surface area contributed by atoms with E-state index in [0.29, 0.717) is 12.8 Å². The predicted octanol–water partition coefficient (Wildman–Crippen LogP) is 10.2. The van der Waals surface area contributed by atoms with E-state index in [1.54, 1.807) is 6.08 Å². The first-order valence-electron chi connectivity index (χ1n) is 26.1. The average Bonchev–Trinajstić information content (AvgIpc) is 3.29. The summed E-state index contributed by atoms with van der Waals surface area (Å²) in [5, 5.41) is 55.3. The summed E-state index contributed by atoms with van der Waals surface area (Å²) in [4.78, 5) is 13.2. The molecule has 7 N–H and O–H groups in total. The van der Waals surface area contributed by atoms with Crippen molar-refractivity contribution in [2.75, 3.05) is 13.2 Å². The largest absolute Gasteiger partial charge is 0.397 e. The lowest BCUT2D eigenvalue weighted by molar-refractivity contribution is -0.298. The van der Waals surface area contributed by atoms with Gasteiger partial charge in [0.25, 0.3) is 0 Å². The zero-order valence-corrected chi connectivity index (χ0v) is 41.9. The van der Waals surface area contributed by atoms with E-state index in [-0.39, 0.29) is 6.42 Å². The molecule has 1 rings (SSSR count). The summed E-state index contributed by atoms with van der Waals surface area (Å²) in [6, 6.07) is -1.15. The second-order valence-electron chi connectivity index (χ2n) is 18.2. The molecule has 386 valence electrons. The molecule has 0 saturated carbocycles. The summed E-state index contributed by atoms with van der Waals surface area (Å²) in [5.41, 5.74) is 0. The van der Waals surface area contributed by atoms with Crippen LogP contribution in [0.15, 0.2) is 48.6 Å². The lowest BCUT2D eigenvalue weighted by atomic mass is 9.99. The van der Waals surface area contributed by atoms with Crippen LogP contribution < -0.4 is 5.32 Å². The minimum absolute atomic E-state index is 0.226. The zero-order valence-electron chi connectivity index (χ0n) is 41.1. The number of ether oxygens (including phenoxy) is 2. The maximum atomic E-state index is 13.2. The molecule has 13 nitrogen and oxygen atoms in total. The Kier molecular flexibility index (Phi) is 39.4. The van der Waals surface area contributed by atoms with Crippen LogP contribution in [0.1, 0.15) is 213 Å². The first-order valence-corrected chi connectivity index (χ1v) is 27.5. The lowest BCUT2D eigenvalue weighted by Crippen LogP contribution is -2.61. The molecule has 0 bridgehead atoms. The zero-order chi connectivity index (χ0) is 48.5. The van der Waals surface area contributed by atoms with E-state index in [1.807, 2.05) is 0 Å². The third-order valence-electron chi connectivity index (χ3n) is 12.2. The van der Waals surface area contributed by atoms with Gasteiger partial charge in [0, 0.05) is 0 Å². The number of rotatable bonds is 44. The van der Waals surface area contributed by atoms with E-state index in [1.165, 1.54) is 115 Å². The molecule has 1 saturated heterocycles. The number of allylic oxidation sites excluding steroid dienone is 7. The van der Waals surface area contributed by atoms with Crippen molar-refractivity contribution in [2.24, 2.45) is 0 Å². The van der Waals surface area contributed by atoms with Gasteiger partial charge < -0.3 is 40.3 Å². The molecule has 0 aromatic carbocycles. The fourth-order valence-corrected chi connectivity index (χ4v) is 8.53. The van der Waals surface area contributed by atoms with Crippen LogP contribution in [-0.2, 0) is 28.9 Å². The summed E-state index contributed by atoms with van der Waals surface area (Å²) in [5.74, 6) is -0.721. The Hall–Kier alpha value is -1.98. The molecule has 66 heavy (non-hydrogen) atoms. The van der Waals surface area contributed by atoms with Gasteiger partial charge in [-0.1, -0.05) is 191 Å². The summed E-state index contributed by atoms with van der Waals surface area (Å²) in [7, 11) is -5.13. The summed E-state index contributed by atoms with van der Waals surface area (Å²) in [6.07, 6.45) is 40.4. The summed E-state index contributed by atoms with van der Waals surface area (Å²) < 4.78 is 47.6. The smallest absolute Gasteiger partial charge is 0.394 e. The highest BCUT2D eigenvalue weighted by Gasteiger charge is 2.48. The van der Waals surface area contributed by atoms with Gasteiger partial charge in [-0.25, -0.2) is 4.18 Å². The Morgan fingerprint density at radius 1 is 0.606 bits per heavy atom. The third kappa shape index (κ3) is 33.5. The fraction of sp³-hybridized carbons (Fsp3) is 0.827. The number of aliphatic hydroxyl groups excluding tert-OH is 5. The molecule has 8 atom stereocenters. The molecule has 1 aliphatic rings. The molecule has 0 spiro atoms. The van der Waals surface area contributed by atoms with Gasteiger partial charge in [0.05, 0.1) is 25.4 Å². The Morgan fingerprint density at radius 3 is 1.45 bits per heavy atom. The first kappa shape index (κ1) is 62.0. The van der Waals surface area contributed by atoms with Crippen molar-refractivity contribution in [3.05, 3.63) is 48.6 Å². The maximum absolute atomic E-state index is 13.2. The summed E-state index contributed by atoms with van der Waals surface area (Å²) in [6.45, 7) is 3.20. The van der Waals surface area contributed by atoms with Crippen molar-refractivity contribution in [3.63, 3.8) is 0 Å². The number of hydrogen-bond donors (Lipinski definition) is 7. The van der Waals surface area contributed by atoms with E-state index >= 15 is 0 Å². The molecule has 1 heterocycles. The van der Waals surface area contributed by atoms with Crippen LogP contribution in [0, 0.1) is 0 Å². The second kappa shape index (κ2) is 41.9. The topological polar surface area (TPSA) is 212 Å². The number of carbonyl (C=O) groups is 1. The number of hydrogen-bond acceptors (Lipinski definition) is 11. The highest BCUT2D eigenvalue weighted by molar-refractivity contribution is 7.80. The Balaban J connectivity index is 2.56. The SMILES string of the molecule is CCCCCCCCCC/C=C\CCCCCCCCC(O)C(=O)NC(COC1OC(CO)C(O)C(OS(=O)(=O)O)C1O)C(O)/C=C/CC/C=C/CC/C=C/CCCCCCCCCCC. The minimum atomic E-state index is -5.13. The maximum Gasteiger partial charge on any atom is 0.397 e. The highest BCUT2D eigenvalue weighted by Crippen LogP contribution is 2.26. The van der Waals surface area contributed by atoms with Gasteiger partial charge in [-0.3, -0.25) is 9.35 Å². The second-order valence-corrected chi connectivity index (χ2v) is 19.3. The number of unbranched alkanes of at least 4 members (excludes halogenated alkanes) is 25. The van der Waals surface area contributed by atoms with Crippen LogP contribution in [-0.4, -0.2) is 107 Å². The Bertz CT molecular complexity index is 1370. The molecule has 8 unspecified atom stereocenters. The van der Waals surface area contributed by atoms with Crippen molar-refractivity contribution in [1.82, 2.24) is 5.32 Å². The lowest BCUT2D eigenvalue weighted by Gasteiger charge is -2.41. The first-order chi connectivity index (χ1) is 31.9. The van der Waals surface area contributed by atoms with E-state index in [2.05, 4.69) is 59.8 Å². The molecule has 0 aromatic rings. The molecule has 1 fully saturated rings. The molecular weight excluding hydrogens is 863 g/mol. The molecule has 1 aliphatic heterocycles. The quantitative estimate of drug-likeness (QED) is 0.0173. The Morgan fingerprint density at radius 2 is 1.02 bits per heavy atom. The minimum Gasteiger partial charge on any atom is -0.394 e. The average molecular weight is 958 g/mol. The number of aliphatic hydroxyl groups is 5. The van der Waals surface area contributed by atoms with Crippen LogP contribution in [0.5, 0.6) is 0 Å². The molecular formula is C52H95NO12S. The van der Waals surface area contributed by atoms with E-state index in [4.69, 9.17) is 9.47 Å². The van der Waals surface area contributed by atoms with E-state index < -0.39 is 78.5 Å². The number of carbonyl (C=O) groups excluding carboxylic acids is 1. The number of nitrogens with one attached hydrogen (secondary N) is 1. The van der Waals surface area contributed by atoms with Gasteiger partial charge >= 0.3 is 10.4 Å².